The van der Waals surface area contributed by atoms with Crippen LogP contribution in [0.5, 0.6) is 11.5 Å². The third kappa shape index (κ3) is 2.74. The Labute approximate surface area is 123 Å². The minimum Gasteiger partial charge on any atom is -0.497 e. The highest BCUT2D eigenvalue weighted by Crippen LogP contribution is 2.25. The summed E-state index contributed by atoms with van der Waals surface area (Å²) in [5.41, 5.74) is 2.98. The topological polar surface area (TPSA) is 47.1 Å². The maximum atomic E-state index is 5.16. The average Bonchev–Trinajstić information content (AvgIpc) is 3.05. The van der Waals surface area contributed by atoms with Gasteiger partial charge in [0.25, 0.3) is 0 Å². The van der Waals surface area contributed by atoms with Crippen molar-refractivity contribution < 1.29 is 9.47 Å². The Balaban J connectivity index is 1.87. The Bertz CT molecular complexity index is 653. The van der Waals surface area contributed by atoms with Crippen LogP contribution >= 0.6 is 0 Å². The highest BCUT2D eigenvalue weighted by atomic mass is 16.5. The van der Waals surface area contributed by atoms with Gasteiger partial charge in [0.05, 0.1) is 19.9 Å². The zero-order chi connectivity index (χ0) is 14.7. The summed E-state index contributed by atoms with van der Waals surface area (Å²) in [5.74, 6) is 2.51. The molecule has 1 aromatic heterocycles. The number of ether oxygens (including phenoxy) is 2. The average molecular weight is 280 g/mol. The first-order chi connectivity index (χ1) is 10.3. The van der Waals surface area contributed by atoms with Crippen molar-refractivity contribution >= 4 is 0 Å². The molecule has 3 aromatic rings. The number of aromatic amines is 1. The highest BCUT2D eigenvalue weighted by Gasteiger charge is 2.06. The first kappa shape index (κ1) is 13.2. The third-order valence-electron chi connectivity index (χ3n) is 3.33. The molecule has 0 aliphatic heterocycles. The van der Waals surface area contributed by atoms with Crippen molar-refractivity contribution in [1.82, 2.24) is 9.97 Å². The standard InChI is InChI=1S/C17H16N2O2/c1-20-14-7-3-12(4-8-14)16-11-18-17(19-16)13-5-9-15(21-2)10-6-13/h3-11H,1-2H3,(H,18,19). The van der Waals surface area contributed by atoms with Gasteiger partial charge in [0.15, 0.2) is 0 Å². The van der Waals surface area contributed by atoms with Crippen molar-refractivity contribution in [1.29, 1.82) is 0 Å². The monoisotopic (exact) mass is 280 g/mol. The molecule has 0 aliphatic carbocycles. The summed E-state index contributed by atoms with van der Waals surface area (Å²) in [4.78, 5) is 7.83. The van der Waals surface area contributed by atoms with Crippen molar-refractivity contribution in [2.45, 2.75) is 0 Å². The second-order valence-electron chi connectivity index (χ2n) is 4.59. The van der Waals surface area contributed by atoms with Crippen molar-refractivity contribution in [2.75, 3.05) is 14.2 Å². The smallest absolute Gasteiger partial charge is 0.138 e. The van der Waals surface area contributed by atoms with E-state index in [9.17, 15) is 0 Å². The first-order valence-electron chi connectivity index (χ1n) is 6.64. The molecule has 4 heteroatoms. The largest absolute Gasteiger partial charge is 0.497 e. The number of nitrogens with one attached hydrogen (secondary N) is 1. The van der Waals surface area contributed by atoms with E-state index in [4.69, 9.17) is 9.47 Å². The number of H-pyrrole nitrogens is 1. The van der Waals surface area contributed by atoms with Crippen molar-refractivity contribution in [3.05, 3.63) is 54.7 Å². The highest BCUT2D eigenvalue weighted by molar-refractivity contribution is 5.65. The van der Waals surface area contributed by atoms with Gasteiger partial charge in [-0.05, 0) is 48.5 Å². The Morgan fingerprint density at radius 3 is 1.81 bits per heavy atom. The van der Waals surface area contributed by atoms with E-state index in [-0.39, 0.29) is 0 Å². The van der Waals surface area contributed by atoms with Gasteiger partial charge >= 0.3 is 0 Å². The number of hydrogen-bond donors (Lipinski definition) is 1. The Morgan fingerprint density at radius 1 is 0.762 bits per heavy atom. The van der Waals surface area contributed by atoms with Gasteiger partial charge < -0.3 is 14.5 Å². The van der Waals surface area contributed by atoms with Gasteiger partial charge in [0.1, 0.15) is 17.3 Å². The molecule has 1 N–H and O–H groups in total. The van der Waals surface area contributed by atoms with Crippen molar-refractivity contribution in [2.24, 2.45) is 0 Å². The van der Waals surface area contributed by atoms with Crippen molar-refractivity contribution in [3.8, 4) is 34.1 Å². The van der Waals surface area contributed by atoms with E-state index in [2.05, 4.69) is 9.97 Å². The van der Waals surface area contributed by atoms with Gasteiger partial charge in [-0.1, -0.05) is 0 Å². The minimum absolute atomic E-state index is 0.834. The third-order valence-corrected chi connectivity index (χ3v) is 3.33. The van der Waals surface area contributed by atoms with Gasteiger partial charge in [0, 0.05) is 17.3 Å². The molecule has 4 nitrogen and oxygen atoms in total. The Hall–Kier alpha value is -2.75. The fourth-order valence-corrected chi connectivity index (χ4v) is 2.13. The van der Waals surface area contributed by atoms with Crippen LogP contribution in [-0.2, 0) is 0 Å². The SMILES string of the molecule is COc1ccc(-c2c[nH]c(-c3ccc(OC)cc3)n2)cc1. The van der Waals surface area contributed by atoms with E-state index in [0.717, 1.165) is 34.1 Å². The number of rotatable bonds is 4. The summed E-state index contributed by atoms with van der Waals surface area (Å²) < 4.78 is 10.3. The predicted octanol–water partition coefficient (Wildman–Crippen LogP) is 3.76. The van der Waals surface area contributed by atoms with Gasteiger partial charge in [-0.15, -0.1) is 0 Å². The fourth-order valence-electron chi connectivity index (χ4n) is 2.13. The number of methoxy groups -OCH3 is 2. The lowest BCUT2D eigenvalue weighted by atomic mass is 10.1. The molecule has 21 heavy (non-hydrogen) atoms. The van der Waals surface area contributed by atoms with Crippen LogP contribution < -0.4 is 9.47 Å². The summed E-state index contributed by atoms with van der Waals surface area (Å²) in [6.07, 6.45) is 1.90. The fraction of sp³-hybridized carbons (Fsp3) is 0.118. The molecular weight excluding hydrogens is 264 g/mol. The lowest BCUT2D eigenvalue weighted by Crippen LogP contribution is -1.85. The van der Waals surface area contributed by atoms with Crippen LogP contribution in [0, 0.1) is 0 Å². The van der Waals surface area contributed by atoms with Crippen molar-refractivity contribution in [3.63, 3.8) is 0 Å². The molecule has 3 rings (SSSR count). The van der Waals surface area contributed by atoms with Crippen LogP contribution in [-0.4, -0.2) is 24.2 Å². The summed E-state index contributed by atoms with van der Waals surface area (Å²) in [7, 11) is 3.31. The summed E-state index contributed by atoms with van der Waals surface area (Å²) in [5, 5.41) is 0. The quantitative estimate of drug-likeness (QED) is 0.791. The van der Waals surface area contributed by atoms with E-state index in [1.54, 1.807) is 14.2 Å². The van der Waals surface area contributed by atoms with E-state index in [1.807, 2.05) is 54.7 Å². The summed E-state index contributed by atoms with van der Waals surface area (Å²) >= 11 is 0. The molecular formula is C17H16N2O2. The molecule has 0 radical (unpaired) electrons. The normalized spacial score (nSPS) is 10.4. The van der Waals surface area contributed by atoms with Gasteiger partial charge in [-0.25, -0.2) is 4.98 Å². The maximum absolute atomic E-state index is 5.16. The molecule has 0 amide bonds. The van der Waals surface area contributed by atoms with Crippen LogP contribution in [0.3, 0.4) is 0 Å². The van der Waals surface area contributed by atoms with E-state index < -0.39 is 0 Å². The second-order valence-corrected chi connectivity index (χ2v) is 4.59. The van der Waals surface area contributed by atoms with E-state index >= 15 is 0 Å². The Morgan fingerprint density at radius 2 is 1.29 bits per heavy atom. The molecule has 0 atom stereocenters. The molecule has 0 fully saturated rings. The summed E-state index contributed by atoms with van der Waals surface area (Å²) in [6, 6.07) is 15.6. The molecule has 1 heterocycles. The zero-order valence-electron chi connectivity index (χ0n) is 12.0. The molecule has 0 bridgehead atoms. The van der Waals surface area contributed by atoms with E-state index in [0.29, 0.717) is 0 Å². The minimum atomic E-state index is 0.834. The number of nitrogens with zero attached hydrogens (tertiary/aromatic N) is 1. The Kier molecular flexibility index (Phi) is 3.60. The number of aromatic nitrogens is 2. The molecule has 0 saturated heterocycles. The molecule has 0 spiro atoms. The maximum Gasteiger partial charge on any atom is 0.138 e. The van der Waals surface area contributed by atoms with Crippen LogP contribution in [0.25, 0.3) is 22.6 Å². The lowest BCUT2D eigenvalue weighted by Gasteiger charge is -2.01. The molecule has 2 aromatic carbocycles. The van der Waals surface area contributed by atoms with Crippen LogP contribution in [0.1, 0.15) is 0 Å². The lowest BCUT2D eigenvalue weighted by molar-refractivity contribution is 0.415. The molecule has 0 aliphatic rings. The molecule has 0 saturated carbocycles. The van der Waals surface area contributed by atoms with Gasteiger partial charge in [0.2, 0.25) is 0 Å². The van der Waals surface area contributed by atoms with Crippen LogP contribution in [0.15, 0.2) is 54.7 Å². The number of benzene rings is 2. The zero-order valence-corrected chi connectivity index (χ0v) is 12.0. The predicted molar refractivity (Wildman–Crippen MR) is 82.6 cm³/mol. The number of hydrogen-bond acceptors (Lipinski definition) is 3. The van der Waals surface area contributed by atoms with Gasteiger partial charge in [-0.2, -0.15) is 0 Å². The molecule has 106 valence electrons. The van der Waals surface area contributed by atoms with Crippen LogP contribution in [0.2, 0.25) is 0 Å². The number of imidazole rings is 1. The second kappa shape index (κ2) is 5.71. The molecule has 0 unspecified atom stereocenters. The van der Waals surface area contributed by atoms with E-state index in [1.165, 1.54) is 0 Å². The van der Waals surface area contributed by atoms with Gasteiger partial charge in [-0.3, -0.25) is 0 Å². The summed E-state index contributed by atoms with van der Waals surface area (Å²) in [6.45, 7) is 0. The van der Waals surface area contributed by atoms with Crippen LogP contribution in [0.4, 0.5) is 0 Å². The first-order valence-corrected chi connectivity index (χ1v) is 6.64.